The Bertz CT molecular complexity index is 704. The van der Waals surface area contributed by atoms with Crippen LogP contribution in [0.25, 0.3) is 10.8 Å². The van der Waals surface area contributed by atoms with Crippen LogP contribution in [0.1, 0.15) is 5.56 Å². The highest BCUT2D eigenvalue weighted by atomic mass is 32.2. The first kappa shape index (κ1) is 13.1. The van der Waals surface area contributed by atoms with Gasteiger partial charge in [0, 0.05) is 4.90 Å². The van der Waals surface area contributed by atoms with Gasteiger partial charge in [-0.15, -0.1) is 11.8 Å². The van der Waals surface area contributed by atoms with Crippen LogP contribution in [0.3, 0.4) is 0 Å². The Morgan fingerprint density at radius 1 is 0.850 bits per heavy atom. The average Bonchev–Trinajstić information content (AvgIpc) is 2.53. The molecular formula is C18H16OS. The zero-order valence-electron chi connectivity index (χ0n) is 11.4. The van der Waals surface area contributed by atoms with E-state index in [4.69, 9.17) is 4.74 Å². The van der Waals surface area contributed by atoms with Gasteiger partial charge in [-0.3, -0.25) is 0 Å². The molecule has 2 heteroatoms. The average molecular weight is 280 g/mol. The second-order valence-electron chi connectivity index (χ2n) is 4.65. The third kappa shape index (κ3) is 2.97. The maximum absolute atomic E-state index is 5.83. The molecule has 3 aromatic carbocycles. The summed E-state index contributed by atoms with van der Waals surface area (Å²) in [6.45, 7) is 0.601. The lowest BCUT2D eigenvalue weighted by molar-refractivity contribution is 0.306. The molecule has 0 heterocycles. The van der Waals surface area contributed by atoms with Crippen LogP contribution in [0, 0.1) is 0 Å². The lowest BCUT2D eigenvalue weighted by Crippen LogP contribution is -1.95. The zero-order chi connectivity index (χ0) is 13.8. The van der Waals surface area contributed by atoms with Crippen LogP contribution in [-0.2, 0) is 6.61 Å². The van der Waals surface area contributed by atoms with E-state index in [9.17, 15) is 0 Å². The molecule has 0 saturated heterocycles. The maximum atomic E-state index is 5.83. The van der Waals surface area contributed by atoms with E-state index >= 15 is 0 Å². The summed E-state index contributed by atoms with van der Waals surface area (Å²) >= 11 is 1.74. The molecule has 0 radical (unpaired) electrons. The highest BCUT2D eigenvalue weighted by molar-refractivity contribution is 7.98. The van der Waals surface area contributed by atoms with Crippen LogP contribution in [0.4, 0.5) is 0 Å². The van der Waals surface area contributed by atoms with Crippen LogP contribution in [0.2, 0.25) is 0 Å². The first-order valence-electron chi connectivity index (χ1n) is 6.60. The number of thioether (sulfide) groups is 1. The van der Waals surface area contributed by atoms with Crippen molar-refractivity contribution in [3.63, 3.8) is 0 Å². The Labute approximate surface area is 123 Å². The van der Waals surface area contributed by atoms with Crippen molar-refractivity contribution in [2.24, 2.45) is 0 Å². The van der Waals surface area contributed by atoms with Crippen LogP contribution in [-0.4, -0.2) is 6.26 Å². The third-order valence-electron chi connectivity index (χ3n) is 3.28. The summed E-state index contributed by atoms with van der Waals surface area (Å²) in [5, 5.41) is 2.52. The summed E-state index contributed by atoms with van der Waals surface area (Å²) in [6.07, 6.45) is 2.07. The fraction of sp³-hybridized carbons (Fsp3) is 0.111. The highest BCUT2D eigenvalue weighted by Crippen LogP contribution is 2.21. The fourth-order valence-electron chi connectivity index (χ4n) is 2.17. The summed E-state index contributed by atoms with van der Waals surface area (Å²) in [6, 6.07) is 23.0. The topological polar surface area (TPSA) is 9.23 Å². The van der Waals surface area contributed by atoms with Gasteiger partial charge >= 0.3 is 0 Å². The van der Waals surface area contributed by atoms with Crippen molar-refractivity contribution in [1.82, 2.24) is 0 Å². The smallest absolute Gasteiger partial charge is 0.119 e. The van der Waals surface area contributed by atoms with Crippen LogP contribution >= 0.6 is 11.8 Å². The molecule has 0 aromatic heterocycles. The molecule has 0 fully saturated rings. The van der Waals surface area contributed by atoms with E-state index in [0.29, 0.717) is 6.61 Å². The van der Waals surface area contributed by atoms with E-state index in [-0.39, 0.29) is 0 Å². The quantitative estimate of drug-likeness (QED) is 0.612. The monoisotopic (exact) mass is 280 g/mol. The minimum Gasteiger partial charge on any atom is -0.489 e. The molecule has 0 aliphatic carbocycles. The first-order valence-corrected chi connectivity index (χ1v) is 7.82. The van der Waals surface area contributed by atoms with Gasteiger partial charge in [-0.25, -0.2) is 0 Å². The van der Waals surface area contributed by atoms with Gasteiger partial charge in [0.15, 0.2) is 0 Å². The highest BCUT2D eigenvalue weighted by Gasteiger charge is 1.99. The lowest BCUT2D eigenvalue weighted by atomic mass is 10.1. The Hall–Kier alpha value is -1.93. The van der Waals surface area contributed by atoms with E-state index in [2.05, 4.69) is 60.9 Å². The summed E-state index contributed by atoms with van der Waals surface area (Å²) < 4.78 is 5.83. The van der Waals surface area contributed by atoms with Crippen molar-refractivity contribution in [3.05, 3.63) is 72.3 Å². The molecule has 0 atom stereocenters. The van der Waals surface area contributed by atoms with Gasteiger partial charge in [-0.1, -0.05) is 36.4 Å². The molecular weight excluding hydrogens is 264 g/mol. The standard InChI is InChI=1S/C18H16OS/c1-20-18-10-8-17(9-11-18)19-13-14-6-7-15-4-2-3-5-16(15)12-14/h2-12H,13H2,1H3. The second-order valence-corrected chi connectivity index (χ2v) is 5.53. The van der Waals surface area contributed by atoms with E-state index in [0.717, 1.165) is 5.75 Å². The Balaban J connectivity index is 1.72. The van der Waals surface area contributed by atoms with Crippen LogP contribution in [0.15, 0.2) is 71.6 Å². The molecule has 0 bridgehead atoms. The summed E-state index contributed by atoms with van der Waals surface area (Å²) in [5.74, 6) is 0.913. The van der Waals surface area contributed by atoms with Gasteiger partial charge in [0.05, 0.1) is 0 Å². The maximum Gasteiger partial charge on any atom is 0.119 e. The SMILES string of the molecule is CSc1ccc(OCc2ccc3ccccc3c2)cc1. The molecule has 0 amide bonds. The number of benzene rings is 3. The summed E-state index contributed by atoms with van der Waals surface area (Å²) in [4.78, 5) is 1.25. The van der Waals surface area contributed by atoms with Gasteiger partial charge in [-0.05, 0) is 52.9 Å². The van der Waals surface area contributed by atoms with Gasteiger partial charge in [-0.2, -0.15) is 0 Å². The Kier molecular flexibility index (Phi) is 3.93. The number of rotatable bonds is 4. The van der Waals surface area contributed by atoms with Crippen molar-refractivity contribution in [2.45, 2.75) is 11.5 Å². The number of ether oxygens (including phenoxy) is 1. The molecule has 0 aliphatic heterocycles. The van der Waals surface area contributed by atoms with Crippen molar-refractivity contribution in [1.29, 1.82) is 0 Å². The third-order valence-corrected chi connectivity index (χ3v) is 4.02. The van der Waals surface area contributed by atoms with Crippen molar-refractivity contribution in [2.75, 3.05) is 6.26 Å². The molecule has 20 heavy (non-hydrogen) atoms. The van der Waals surface area contributed by atoms with Gasteiger partial charge in [0.1, 0.15) is 12.4 Å². The lowest BCUT2D eigenvalue weighted by Gasteiger charge is -2.08. The van der Waals surface area contributed by atoms with Crippen LogP contribution in [0.5, 0.6) is 5.75 Å². The fourth-order valence-corrected chi connectivity index (χ4v) is 2.58. The number of fused-ring (bicyclic) bond motifs is 1. The molecule has 3 aromatic rings. The molecule has 0 spiro atoms. The predicted molar refractivity (Wildman–Crippen MR) is 86.5 cm³/mol. The number of hydrogen-bond donors (Lipinski definition) is 0. The molecule has 3 rings (SSSR count). The van der Waals surface area contributed by atoms with Crippen molar-refractivity contribution in [3.8, 4) is 5.75 Å². The van der Waals surface area contributed by atoms with Crippen molar-refractivity contribution >= 4 is 22.5 Å². The molecule has 0 aliphatic rings. The Morgan fingerprint density at radius 2 is 1.60 bits per heavy atom. The molecule has 0 saturated carbocycles. The van der Waals surface area contributed by atoms with Gasteiger partial charge < -0.3 is 4.74 Å². The van der Waals surface area contributed by atoms with Crippen molar-refractivity contribution < 1.29 is 4.74 Å². The van der Waals surface area contributed by atoms with Gasteiger partial charge in [0.2, 0.25) is 0 Å². The summed E-state index contributed by atoms with van der Waals surface area (Å²) in [5.41, 5.74) is 1.19. The zero-order valence-corrected chi connectivity index (χ0v) is 12.2. The Morgan fingerprint density at radius 3 is 2.35 bits per heavy atom. The summed E-state index contributed by atoms with van der Waals surface area (Å²) in [7, 11) is 0. The molecule has 100 valence electrons. The minimum atomic E-state index is 0.601. The van der Waals surface area contributed by atoms with E-state index in [1.54, 1.807) is 11.8 Å². The van der Waals surface area contributed by atoms with E-state index in [1.807, 2.05) is 12.1 Å². The second kappa shape index (κ2) is 6.02. The molecule has 0 N–H and O–H groups in total. The normalized spacial score (nSPS) is 10.7. The minimum absolute atomic E-state index is 0.601. The van der Waals surface area contributed by atoms with Gasteiger partial charge in [0.25, 0.3) is 0 Å². The molecule has 0 unspecified atom stereocenters. The molecule has 1 nitrogen and oxygen atoms in total. The number of hydrogen-bond acceptors (Lipinski definition) is 2. The predicted octanol–water partition coefficient (Wildman–Crippen LogP) is 5.14. The van der Waals surface area contributed by atoms with Crippen LogP contribution < -0.4 is 4.74 Å². The van der Waals surface area contributed by atoms with E-state index < -0.39 is 0 Å². The largest absolute Gasteiger partial charge is 0.489 e. The van der Waals surface area contributed by atoms with E-state index in [1.165, 1.54) is 21.2 Å². The first-order chi connectivity index (χ1) is 9.85.